The van der Waals surface area contributed by atoms with Crippen molar-refractivity contribution in [1.82, 2.24) is 5.32 Å². The molecule has 2 N–H and O–H groups in total. The van der Waals surface area contributed by atoms with E-state index in [1.54, 1.807) is 0 Å². The molecule has 0 fully saturated rings. The molecule has 3 nitrogen and oxygen atoms in total. The van der Waals surface area contributed by atoms with Gasteiger partial charge in [0.05, 0.1) is 0 Å². The first-order valence-electron chi connectivity index (χ1n) is 7.99. The van der Waals surface area contributed by atoms with Crippen LogP contribution in [0.15, 0.2) is 18.2 Å². The van der Waals surface area contributed by atoms with Gasteiger partial charge in [-0.05, 0) is 55.4 Å². The van der Waals surface area contributed by atoms with E-state index in [-0.39, 0.29) is 5.91 Å². The average molecular weight is 290 g/mol. The van der Waals surface area contributed by atoms with Crippen LogP contribution in [0.4, 0.5) is 5.69 Å². The van der Waals surface area contributed by atoms with Gasteiger partial charge in [-0.3, -0.25) is 4.79 Å². The van der Waals surface area contributed by atoms with Crippen molar-refractivity contribution in [3.8, 4) is 0 Å². The Morgan fingerprint density at radius 1 is 1.14 bits per heavy atom. The third-order valence-corrected chi connectivity index (χ3v) is 4.06. The molecule has 0 aliphatic heterocycles. The molecule has 0 saturated heterocycles. The standard InChI is InChI=1S/C18H30N2O/c1-7-19-15-8-9-16(14(6)10-15)18(21)20-11-17(12(2)3)13(4)5/h8-10,12-13,17,19H,7,11H2,1-6H3,(H,20,21). The molecule has 1 aromatic carbocycles. The van der Waals surface area contributed by atoms with E-state index >= 15 is 0 Å². The normalized spacial score (nSPS) is 11.3. The van der Waals surface area contributed by atoms with Crippen LogP contribution in [-0.2, 0) is 0 Å². The summed E-state index contributed by atoms with van der Waals surface area (Å²) in [4.78, 5) is 12.4. The van der Waals surface area contributed by atoms with Crippen LogP contribution in [0.1, 0.15) is 50.5 Å². The molecule has 0 atom stereocenters. The first-order chi connectivity index (χ1) is 9.86. The quantitative estimate of drug-likeness (QED) is 0.794. The second-order valence-electron chi connectivity index (χ2n) is 6.42. The lowest BCUT2D eigenvalue weighted by molar-refractivity contribution is 0.0936. The van der Waals surface area contributed by atoms with Gasteiger partial charge in [0, 0.05) is 24.3 Å². The number of rotatable bonds is 7. The molecule has 0 heterocycles. The van der Waals surface area contributed by atoms with Crippen molar-refractivity contribution in [2.75, 3.05) is 18.4 Å². The van der Waals surface area contributed by atoms with Crippen molar-refractivity contribution in [3.63, 3.8) is 0 Å². The summed E-state index contributed by atoms with van der Waals surface area (Å²) in [5, 5.41) is 6.36. The highest BCUT2D eigenvalue weighted by molar-refractivity contribution is 5.96. The number of anilines is 1. The number of benzene rings is 1. The Balaban J connectivity index is 2.71. The molecule has 21 heavy (non-hydrogen) atoms. The minimum atomic E-state index is 0.0295. The summed E-state index contributed by atoms with van der Waals surface area (Å²) < 4.78 is 0. The molecular weight excluding hydrogens is 260 g/mol. The van der Waals surface area contributed by atoms with Crippen molar-refractivity contribution in [3.05, 3.63) is 29.3 Å². The monoisotopic (exact) mass is 290 g/mol. The first kappa shape index (κ1) is 17.5. The zero-order valence-corrected chi connectivity index (χ0v) is 14.3. The summed E-state index contributed by atoms with van der Waals surface area (Å²) in [6.07, 6.45) is 0. The van der Waals surface area contributed by atoms with E-state index in [1.807, 2.05) is 25.1 Å². The van der Waals surface area contributed by atoms with Gasteiger partial charge in [-0.1, -0.05) is 27.7 Å². The number of aryl methyl sites for hydroxylation is 1. The number of carbonyl (C=O) groups is 1. The third-order valence-electron chi connectivity index (χ3n) is 4.06. The highest BCUT2D eigenvalue weighted by atomic mass is 16.1. The molecule has 0 aromatic heterocycles. The van der Waals surface area contributed by atoms with Crippen LogP contribution >= 0.6 is 0 Å². The second kappa shape index (κ2) is 8.06. The molecule has 0 radical (unpaired) electrons. The topological polar surface area (TPSA) is 41.1 Å². The summed E-state index contributed by atoms with van der Waals surface area (Å²) in [6, 6.07) is 5.90. The Hall–Kier alpha value is -1.51. The van der Waals surface area contributed by atoms with Crippen LogP contribution in [0.5, 0.6) is 0 Å². The number of amides is 1. The molecule has 0 bridgehead atoms. The fourth-order valence-electron chi connectivity index (χ4n) is 2.78. The van der Waals surface area contributed by atoms with Crippen molar-refractivity contribution >= 4 is 11.6 Å². The van der Waals surface area contributed by atoms with Crippen LogP contribution < -0.4 is 10.6 Å². The van der Waals surface area contributed by atoms with Gasteiger partial charge in [0.2, 0.25) is 0 Å². The molecular formula is C18H30N2O. The maximum absolute atomic E-state index is 12.4. The van der Waals surface area contributed by atoms with Crippen LogP contribution in [0, 0.1) is 24.7 Å². The molecule has 1 rings (SSSR count). The zero-order valence-electron chi connectivity index (χ0n) is 14.3. The Kier molecular flexibility index (Phi) is 6.73. The number of nitrogens with one attached hydrogen (secondary N) is 2. The van der Waals surface area contributed by atoms with Crippen LogP contribution in [-0.4, -0.2) is 19.0 Å². The van der Waals surface area contributed by atoms with Gasteiger partial charge in [-0.2, -0.15) is 0 Å². The predicted octanol–water partition coefficient (Wildman–Crippen LogP) is 4.08. The van der Waals surface area contributed by atoms with Gasteiger partial charge in [-0.15, -0.1) is 0 Å². The molecule has 0 unspecified atom stereocenters. The fourth-order valence-corrected chi connectivity index (χ4v) is 2.78. The lowest BCUT2D eigenvalue weighted by Crippen LogP contribution is -2.34. The van der Waals surface area contributed by atoms with E-state index in [1.165, 1.54) is 0 Å². The Bertz CT molecular complexity index is 458. The Morgan fingerprint density at radius 2 is 1.76 bits per heavy atom. The maximum Gasteiger partial charge on any atom is 0.251 e. The highest BCUT2D eigenvalue weighted by Crippen LogP contribution is 2.20. The minimum absolute atomic E-state index is 0.0295. The lowest BCUT2D eigenvalue weighted by atomic mass is 9.85. The van der Waals surface area contributed by atoms with Gasteiger partial charge in [0.15, 0.2) is 0 Å². The predicted molar refractivity (Wildman–Crippen MR) is 90.8 cm³/mol. The van der Waals surface area contributed by atoms with Crippen LogP contribution in [0.3, 0.4) is 0 Å². The van der Waals surface area contributed by atoms with E-state index < -0.39 is 0 Å². The highest BCUT2D eigenvalue weighted by Gasteiger charge is 2.19. The molecule has 1 aromatic rings. The summed E-state index contributed by atoms with van der Waals surface area (Å²) in [5.74, 6) is 1.68. The average Bonchev–Trinajstić information content (AvgIpc) is 2.38. The van der Waals surface area contributed by atoms with Crippen LogP contribution in [0.2, 0.25) is 0 Å². The smallest absolute Gasteiger partial charge is 0.251 e. The number of hydrogen-bond donors (Lipinski definition) is 2. The fraction of sp³-hybridized carbons (Fsp3) is 0.611. The van der Waals surface area contributed by atoms with Gasteiger partial charge in [-0.25, -0.2) is 0 Å². The molecule has 0 aliphatic carbocycles. The largest absolute Gasteiger partial charge is 0.385 e. The van der Waals surface area contributed by atoms with Crippen molar-refractivity contribution in [1.29, 1.82) is 0 Å². The summed E-state index contributed by atoms with van der Waals surface area (Å²) >= 11 is 0. The molecule has 0 saturated carbocycles. The first-order valence-corrected chi connectivity index (χ1v) is 7.99. The van der Waals surface area contributed by atoms with E-state index in [0.717, 1.165) is 29.9 Å². The lowest BCUT2D eigenvalue weighted by Gasteiger charge is -2.25. The Labute approximate surface area is 129 Å². The summed E-state index contributed by atoms with van der Waals surface area (Å²) in [5.41, 5.74) is 2.84. The Morgan fingerprint density at radius 3 is 2.24 bits per heavy atom. The molecule has 0 aliphatic rings. The second-order valence-corrected chi connectivity index (χ2v) is 6.42. The zero-order chi connectivity index (χ0) is 16.0. The number of carbonyl (C=O) groups excluding carboxylic acids is 1. The summed E-state index contributed by atoms with van der Waals surface area (Å²) in [7, 11) is 0. The molecule has 1 amide bonds. The summed E-state index contributed by atoms with van der Waals surface area (Å²) in [6.45, 7) is 14.5. The van der Waals surface area contributed by atoms with Gasteiger partial charge < -0.3 is 10.6 Å². The van der Waals surface area contributed by atoms with Crippen molar-refractivity contribution in [2.45, 2.75) is 41.5 Å². The molecule has 118 valence electrons. The van der Waals surface area contributed by atoms with Gasteiger partial charge in [0.1, 0.15) is 0 Å². The van der Waals surface area contributed by atoms with Crippen LogP contribution in [0.25, 0.3) is 0 Å². The van der Waals surface area contributed by atoms with E-state index in [9.17, 15) is 4.79 Å². The minimum Gasteiger partial charge on any atom is -0.385 e. The van der Waals surface area contributed by atoms with Gasteiger partial charge >= 0.3 is 0 Å². The van der Waals surface area contributed by atoms with E-state index in [4.69, 9.17) is 0 Å². The SMILES string of the molecule is CCNc1ccc(C(=O)NCC(C(C)C)C(C)C)c(C)c1. The van der Waals surface area contributed by atoms with E-state index in [2.05, 4.69) is 45.3 Å². The van der Waals surface area contributed by atoms with Crippen molar-refractivity contribution in [2.24, 2.45) is 17.8 Å². The third kappa shape index (κ3) is 5.07. The van der Waals surface area contributed by atoms with E-state index in [0.29, 0.717) is 17.8 Å². The maximum atomic E-state index is 12.4. The van der Waals surface area contributed by atoms with Gasteiger partial charge in [0.25, 0.3) is 5.91 Å². The van der Waals surface area contributed by atoms with Crippen molar-refractivity contribution < 1.29 is 4.79 Å². The molecule has 3 heteroatoms. The molecule has 0 spiro atoms. The number of hydrogen-bond acceptors (Lipinski definition) is 2.